The molecule has 3 aromatic heterocycles. The second-order valence-corrected chi connectivity index (χ2v) is 7.01. The minimum Gasteiger partial charge on any atom is -0.356 e. The Labute approximate surface area is 145 Å². The molecule has 0 saturated carbocycles. The molecule has 1 atom stereocenters. The minimum absolute atomic E-state index is 0.496. The topological polar surface area (TPSA) is 54.8 Å². The third kappa shape index (κ3) is 3.14. The normalized spacial score (nSPS) is 17.9. The maximum atomic E-state index is 4.80. The average Bonchev–Trinajstić information content (AvgIpc) is 3.17. The number of rotatable bonds is 3. The van der Waals surface area contributed by atoms with E-state index < -0.39 is 0 Å². The van der Waals surface area contributed by atoms with Crippen molar-refractivity contribution >= 4 is 17.2 Å². The highest BCUT2D eigenvalue weighted by Gasteiger charge is 2.24. The number of anilines is 1. The van der Waals surface area contributed by atoms with Gasteiger partial charge in [-0.1, -0.05) is 0 Å². The van der Waals surface area contributed by atoms with E-state index in [0.29, 0.717) is 5.92 Å². The standard InChI is InChI=1S/C18H19N5S/c1-13-10-16(22-17(21-13)14-4-2-6-19-11-14)23-8-3-5-15(12-23)18-20-7-9-24-18/h2,4,6-7,9-11,15H,3,5,8,12H2,1H3. The van der Waals surface area contributed by atoms with Gasteiger partial charge < -0.3 is 4.90 Å². The Morgan fingerprint density at radius 2 is 2.21 bits per heavy atom. The fourth-order valence-corrected chi connectivity index (χ4v) is 3.93. The molecular weight excluding hydrogens is 318 g/mol. The molecule has 1 aliphatic rings. The van der Waals surface area contributed by atoms with Crippen LogP contribution in [0.4, 0.5) is 5.82 Å². The zero-order valence-corrected chi connectivity index (χ0v) is 14.4. The quantitative estimate of drug-likeness (QED) is 0.729. The molecule has 0 radical (unpaired) electrons. The molecule has 4 heterocycles. The zero-order chi connectivity index (χ0) is 16.4. The highest BCUT2D eigenvalue weighted by atomic mass is 32.1. The van der Waals surface area contributed by atoms with Crippen LogP contribution in [0.5, 0.6) is 0 Å². The molecule has 0 bridgehead atoms. The Bertz CT molecular complexity index is 804. The van der Waals surface area contributed by atoms with Crippen molar-refractivity contribution < 1.29 is 0 Å². The van der Waals surface area contributed by atoms with Gasteiger partial charge in [0, 0.05) is 60.3 Å². The van der Waals surface area contributed by atoms with Crippen molar-refractivity contribution in [2.45, 2.75) is 25.7 Å². The summed E-state index contributed by atoms with van der Waals surface area (Å²) in [7, 11) is 0. The van der Waals surface area contributed by atoms with Crippen molar-refractivity contribution in [1.82, 2.24) is 19.9 Å². The number of hydrogen-bond acceptors (Lipinski definition) is 6. The van der Waals surface area contributed by atoms with E-state index in [1.54, 1.807) is 17.5 Å². The van der Waals surface area contributed by atoms with Gasteiger partial charge in [0.05, 0.1) is 5.01 Å². The molecule has 1 saturated heterocycles. The van der Waals surface area contributed by atoms with E-state index in [1.165, 1.54) is 11.4 Å². The Hall–Kier alpha value is -2.34. The zero-order valence-electron chi connectivity index (χ0n) is 13.6. The van der Waals surface area contributed by atoms with Gasteiger partial charge in [-0.2, -0.15) is 0 Å². The van der Waals surface area contributed by atoms with Crippen LogP contribution in [0, 0.1) is 6.92 Å². The third-order valence-electron chi connectivity index (χ3n) is 4.31. The van der Waals surface area contributed by atoms with E-state index in [4.69, 9.17) is 4.98 Å². The van der Waals surface area contributed by atoms with Crippen LogP contribution in [-0.4, -0.2) is 33.0 Å². The summed E-state index contributed by atoms with van der Waals surface area (Å²) in [6, 6.07) is 5.99. The lowest BCUT2D eigenvalue weighted by molar-refractivity contribution is 0.505. The first-order valence-electron chi connectivity index (χ1n) is 8.20. The molecule has 0 spiro atoms. The third-order valence-corrected chi connectivity index (χ3v) is 5.24. The number of aryl methyl sites for hydroxylation is 1. The van der Waals surface area contributed by atoms with Crippen LogP contribution in [0.2, 0.25) is 0 Å². The van der Waals surface area contributed by atoms with Gasteiger partial charge in [-0.05, 0) is 31.9 Å². The maximum absolute atomic E-state index is 4.80. The van der Waals surface area contributed by atoms with Gasteiger partial charge in [0.2, 0.25) is 0 Å². The number of pyridine rings is 1. The average molecular weight is 337 g/mol. The molecule has 0 amide bonds. The molecule has 1 unspecified atom stereocenters. The van der Waals surface area contributed by atoms with Gasteiger partial charge in [0.25, 0.3) is 0 Å². The lowest BCUT2D eigenvalue weighted by atomic mass is 9.99. The van der Waals surface area contributed by atoms with E-state index in [0.717, 1.165) is 42.4 Å². The number of piperidine rings is 1. The van der Waals surface area contributed by atoms with Crippen molar-refractivity contribution in [3.63, 3.8) is 0 Å². The predicted octanol–water partition coefficient (Wildman–Crippen LogP) is 3.69. The number of nitrogens with zero attached hydrogens (tertiary/aromatic N) is 5. The summed E-state index contributed by atoms with van der Waals surface area (Å²) in [4.78, 5) is 20.4. The van der Waals surface area contributed by atoms with Crippen LogP contribution in [0.15, 0.2) is 42.2 Å². The minimum atomic E-state index is 0.496. The first-order valence-corrected chi connectivity index (χ1v) is 9.08. The molecule has 6 heteroatoms. The molecule has 1 aliphatic heterocycles. The van der Waals surface area contributed by atoms with Crippen molar-refractivity contribution in [1.29, 1.82) is 0 Å². The molecule has 24 heavy (non-hydrogen) atoms. The van der Waals surface area contributed by atoms with Crippen molar-refractivity contribution in [2.24, 2.45) is 0 Å². The van der Waals surface area contributed by atoms with Gasteiger partial charge in [0.1, 0.15) is 5.82 Å². The largest absolute Gasteiger partial charge is 0.356 e. The van der Waals surface area contributed by atoms with E-state index in [9.17, 15) is 0 Å². The summed E-state index contributed by atoms with van der Waals surface area (Å²) < 4.78 is 0. The number of hydrogen-bond donors (Lipinski definition) is 0. The summed E-state index contributed by atoms with van der Waals surface area (Å²) in [5, 5.41) is 3.29. The monoisotopic (exact) mass is 337 g/mol. The van der Waals surface area contributed by atoms with Gasteiger partial charge in [-0.3, -0.25) is 4.98 Å². The van der Waals surface area contributed by atoms with Crippen molar-refractivity contribution in [2.75, 3.05) is 18.0 Å². The Kier molecular flexibility index (Phi) is 4.21. The van der Waals surface area contributed by atoms with Crippen LogP contribution in [0.3, 0.4) is 0 Å². The van der Waals surface area contributed by atoms with Crippen molar-refractivity contribution in [3.8, 4) is 11.4 Å². The van der Waals surface area contributed by atoms with Gasteiger partial charge in [-0.25, -0.2) is 15.0 Å². The summed E-state index contributed by atoms with van der Waals surface area (Å²) >= 11 is 1.75. The van der Waals surface area contributed by atoms with E-state index in [2.05, 4.69) is 31.3 Å². The molecule has 0 aromatic carbocycles. The lowest BCUT2D eigenvalue weighted by Crippen LogP contribution is -2.35. The van der Waals surface area contributed by atoms with Crippen molar-refractivity contribution in [3.05, 3.63) is 52.9 Å². The number of aromatic nitrogens is 4. The van der Waals surface area contributed by atoms with Crippen LogP contribution in [0.25, 0.3) is 11.4 Å². The second-order valence-electron chi connectivity index (χ2n) is 6.09. The lowest BCUT2D eigenvalue weighted by Gasteiger charge is -2.33. The van der Waals surface area contributed by atoms with Gasteiger partial charge in [0.15, 0.2) is 5.82 Å². The van der Waals surface area contributed by atoms with Crippen LogP contribution in [-0.2, 0) is 0 Å². The first kappa shape index (κ1) is 15.2. The van der Waals surface area contributed by atoms with Crippen LogP contribution >= 0.6 is 11.3 Å². The summed E-state index contributed by atoms with van der Waals surface area (Å²) in [6.45, 7) is 4.02. The number of thiazole rings is 1. The molecule has 3 aromatic rings. The van der Waals surface area contributed by atoms with Crippen LogP contribution < -0.4 is 4.90 Å². The first-order chi connectivity index (χ1) is 11.8. The van der Waals surface area contributed by atoms with E-state index >= 15 is 0 Å². The fourth-order valence-electron chi connectivity index (χ4n) is 3.16. The smallest absolute Gasteiger partial charge is 0.163 e. The van der Waals surface area contributed by atoms with Gasteiger partial charge >= 0.3 is 0 Å². The molecule has 1 fully saturated rings. The summed E-state index contributed by atoms with van der Waals surface area (Å²) in [6.07, 6.45) is 7.84. The summed E-state index contributed by atoms with van der Waals surface area (Å²) in [5.74, 6) is 2.24. The maximum Gasteiger partial charge on any atom is 0.163 e. The van der Waals surface area contributed by atoms with E-state index in [-0.39, 0.29) is 0 Å². The summed E-state index contributed by atoms with van der Waals surface area (Å²) in [5.41, 5.74) is 1.94. The SMILES string of the molecule is Cc1cc(N2CCCC(c3nccs3)C2)nc(-c2cccnc2)n1. The molecular formula is C18H19N5S. The van der Waals surface area contributed by atoms with Crippen LogP contribution in [0.1, 0.15) is 29.5 Å². The highest BCUT2D eigenvalue weighted by Crippen LogP contribution is 2.31. The fraction of sp³-hybridized carbons (Fsp3) is 0.333. The molecule has 5 nitrogen and oxygen atoms in total. The second kappa shape index (κ2) is 6.65. The Morgan fingerprint density at radius 3 is 3.00 bits per heavy atom. The Morgan fingerprint density at radius 1 is 1.25 bits per heavy atom. The highest BCUT2D eigenvalue weighted by molar-refractivity contribution is 7.09. The molecule has 122 valence electrons. The predicted molar refractivity (Wildman–Crippen MR) is 96.3 cm³/mol. The molecule has 0 N–H and O–H groups in total. The van der Waals surface area contributed by atoms with Gasteiger partial charge in [-0.15, -0.1) is 11.3 Å². The molecule has 0 aliphatic carbocycles. The van der Waals surface area contributed by atoms with E-state index in [1.807, 2.05) is 31.5 Å². The Balaban J connectivity index is 1.63. The molecule has 4 rings (SSSR count).